The topological polar surface area (TPSA) is 75.3 Å². The van der Waals surface area contributed by atoms with Gasteiger partial charge in [0.15, 0.2) is 0 Å². The molecule has 176 valence electrons. The van der Waals surface area contributed by atoms with Crippen LogP contribution >= 0.6 is 0 Å². The fraction of sp³-hybridized carbons (Fsp3) is 0.235. The van der Waals surface area contributed by atoms with E-state index in [-0.39, 0.29) is 18.2 Å². The number of amides is 1. The van der Waals surface area contributed by atoms with Gasteiger partial charge in [0.2, 0.25) is 0 Å². The van der Waals surface area contributed by atoms with Gasteiger partial charge in [-0.05, 0) is 36.4 Å². The second-order valence-corrected chi connectivity index (χ2v) is 7.91. The third kappa shape index (κ3) is 6.77. The number of nitrogens with one attached hydrogen (secondary N) is 2. The number of carbonyl (C=O) groups excluding carboxylic acids is 1. The van der Waals surface area contributed by atoms with Gasteiger partial charge in [0, 0.05) is 5.56 Å². The minimum absolute atomic E-state index is 0.132. The maximum atomic E-state index is 12.9. The van der Waals surface area contributed by atoms with Gasteiger partial charge in [0.1, 0.15) is 6.54 Å². The lowest BCUT2D eigenvalue weighted by atomic mass is 10.1. The molecule has 2 aromatic rings. The molecule has 2 aromatic carbocycles. The largest absolute Gasteiger partial charge is 0.416 e. The van der Waals surface area contributed by atoms with Crippen molar-refractivity contribution in [2.24, 2.45) is 0 Å². The van der Waals surface area contributed by atoms with Crippen LogP contribution in [0.3, 0.4) is 0 Å². The molecule has 0 aliphatic rings. The summed E-state index contributed by atoms with van der Waals surface area (Å²) < 4.78 is 141. The van der Waals surface area contributed by atoms with E-state index in [1.165, 1.54) is 5.32 Å². The number of sulfonamides is 1. The Morgan fingerprint density at radius 1 is 0.812 bits per heavy atom. The van der Waals surface area contributed by atoms with Crippen LogP contribution in [0.4, 0.5) is 45.2 Å². The van der Waals surface area contributed by atoms with Crippen molar-refractivity contribution in [1.29, 1.82) is 0 Å². The van der Waals surface area contributed by atoms with E-state index < -0.39 is 68.3 Å². The van der Waals surface area contributed by atoms with Crippen LogP contribution in [0.25, 0.3) is 0 Å². The molecule has 2 N–H and O–H groups in total. The standard InChI is InChI=1S/C17H11F9N2O3S/c18-15(19,20)8-27-14(29)9-2-1-3-13(4-9)32(30,31)28-12-6-10(16(21,22)23)5-11(7-12)17(24,25)26/h1-7,28H,8H2,(H,27,29). The summed E-state index contributed by atoms with van der Waals surface area (Å²) in [4.78, 5) is 11.0. The van der Waals surface area contributed by atoms with Crippen molar-refractivity contribution in [1.82, 2.24) is 5.32 Å². The molecule has 0 aliphatic heterocycles. The summed E-state index contributed by atoms with van der Waals surface area (Å²) in [6, 6.07) is 3.40. The van der Waals surface area contributed by atoms with Gasteiger partial charge in [-0.25, -0.2) is 8.42 Å². The van der Waals surface area contributed by atoms with Crippen molar-refractivity contribution in [3.8, 4) is 0 Å². The maximum absolute atomic E-state index is 12.9. The zero-order valence-corrected chi connectivity index (χ0v) is 16.1. The molecule has 0 bridgehead atoms. The van der Waals surface area contributed by atoms with Crippen molar-refractivity contribution >= 4 is 21.6 Å². The number of alkyl halides is 9. The van der Waals surface area contributed by atoms with E-state index in [2.05, 4.69) is 0 Å². The molecular formula is C17H11F9N2O3S. The molecule has 15 heteroatoms. The second kappa shape index (κ2) is 8.52. The lowest BCUT2D eigenvalue weighted by Crippen LogP contribution is -2.33. The molecule has 0 heterocycles. The Hall–Kier alpha value is -2.97. The molecule has 0 fully saturated rings. The first-order valence-corrected chi connectivity index (χ1v) is 9.64. The van der Waals surface area contributed by atoms with Gasteiger partial charge in [-0.1, -0.05) is 6.07 Å². The van der Waals surface area contributed by atoms with Crippen LogP contribution in [-0.4, -0.2) is 27.0 Å². The third-order valence-electron chi connectivity index (χ3n) is 3.70. The van der Waals surface area contributed by atoms with Gasteiger partial charge >= 0.3 is 18.5 Å². The van der Waals surface area contributed by atoms with E-state index in [0.717, 1.165) is 18.2 Å². The molecule has 32 heavy (non-hydrogen) atoms. The number of carbonyl (C=O) groups is 1. The van der Waals surface area contributed by atoms with Crippen molar-refractivity contribution in [3.05, 3.63) is 59.2 Å². The average Bonchev–Trinajstić information content (AvgIpc) is 2.63. The predicted octanol–water partition coefficient (Wildman–Crippen LogP) is 4.82. The zero-order chi connectivity index (χ0) is 24.5. The van der Waals surface area contributed by atoms with Crippen LogP contribution in [0, 0.1) is 0 Å². The van der Waals surface area contributed by atoms with Gasteiger partial charge < -0.3 is 5.32 Å². The van der Waals surface area contributed by atoms with Gasteiger partial charge in [-0.3, -0.25) is 9.52 Å². The van der Waals surface area contributed by atoms with Crippen LogP contribution in [0.5, 0.6) is 0 Å². The van der Waals surface area contributed by atoms with Crippen LogP contribution in [0.15, 0.2) is 47.4 Å². The van der Waals surface area contributed by atoms with E-state index >= 15 is 0 Å². The summed E-state index contributed by atoms with van der Waals surface area (Å²) in [5, 5.41) is 1.49. The van der Waals surface area contributed by atoms with E-state index in [1.54, 1.807) is 4.72 Å². The predicted molar refractivity (Wildman–Crippen MR) is 92.1 cm³/mol. The van der Waals surface area contributed by atoms with Crippen molar-refractivity contribution in [2.45, 2.75) is 23.4 Å². The Balaban J connectivity index is 2.39. The van der Waals surface area contributed by atoms with Crippen molar-refractivity contribution in [2.75, 3.05) is 11.3 Å². The molecule has 5 nitrogen and oxygen atoms in total. The quantitative estimate of drug-likeness (QED) is 0.586. The fourth-order valence-corrected chi connectivity index (χ4v) is 3.40. The summed E-state index contributed by atoms with van der Waals surface area (Å²) in [6.45, 7) is -1.72. The highest BCUT2D eigenvalue weighted by atomic mass is 32.2. The zero-order valence-electron chi connectivity index (χ0n) is 15.3. The van der Waals surface area contributed by atoms with E-state index in [4.69, 9.17) is 0 Å². The second-order valence-electron chi connectivity index (χ2n) is 6.23. The van der Waals surface area contributed by atoms with Crippen LogP contribution in [0.1, 0.15) is 21.5 Å². The Kier molecular flexibility index (Phi) is 6.73. The Labute approximate surface area is 174 Å². The highest BCUT2D eigenvalue weighted by Gasteiger charge is 2.37. The highest BCUT2D eigenvalue weighted by molar-refractivity contribution is 7.92. The van der Waals surface area contributed by atoms with Crippen LogP contribution < -0.4 is 10.0 Å². The molecular weight excluding hydrogens is 483 g/mol. The lowest BCUT2D eigenvalue weighted by Gasteiger charge is -2.15. The molecule has 0 saturated carbocycles. The normalized spacial score (nSPS) is 13.0. The Morgan fingerprint density at radius 2 is 1.34 bits per heavy atom. The summed E-state index contributed by atoms with van der Waals surface area (Å²) in [5.74, 6) is -1.31. The minimum atomic E-state index is -5.22. The van der Waals surface area contributed by atoms with E-state index in [0.29, 0.717) is 6.07 Å². The molecule has 0 unspecified atom stereocenters. The summed E-state index contributed by atoms with van der Waals surface area (Å²) in [6.07, 6.45) is -15.2. The van der Waals surface area contributed by atoms with E-state index in [9.17, 15) is 52.7 Å². The number of hydrogen-bond acceptors (Lipinski definition) is 3. The first kappa shape index (κ1) is 25.3. The number of halogens is 9. The summed E-state index contributed by atoms with van der Waals surface area (Å²) in [5.41, 5.74) is -5.16. The maximum Gasteiger partial charge on any atom is 0.416 e. The van der Waals surface area contributed by atoms with Gasteiger partial charge in [0.05, 0.1) is 21.7 Å². The van der Waals surface area contributed by atoms with Gasteiger partial charge in [-0.15, -0.1) is 0 Å². The summed E-state index contributed by atoms with van der Waals surface area (Å²) in [7, 11) is -4.82. The van der Waals surface area contributed by atoms with Gasteiger partial charge in [0.25, 0.3) is 15.9 Å². The van der Waals surface area contributed by atoms with Gasteiger partial charge in [-0.2, -0.15) is 39.5 Å². The molecule has 0 aromatic heterocycles. The monoisotopic (exact) mass is 494 g/mol. The molecule has 0 spiro atoms. The first-order chi connectivity index (χ1) is 14.4. The smallest absolute Gasteiger partial charge is 0.343 e. The highest BCUT2D eigenvalue weighted by Crippen LogP contribution is 2.38. The minimum Gasteiger partial charge on any atom is -0.343 e. The first-order valence-electron chi connectivity index (χ1n) is 8.16. The van der Waals surface area contributed by atoms with Crippen molar-refractivity contribution < 1.29 is 52.7 Å². The number of rotatable bonds is 5. The Bertz CT molecular complexity index is 1080. The number of hydrogen-bond donors (Lipinski definition) is 2. The van der Waals surface area contributed by atoms with E-state index in [1.807, 2.05) is 0 Å². The van der Waals surface area contributed by atoms with Crippen LogP contribution in [0.2, 0.25) is 0 Å². The SMILES string of the molecule is O=C(NCC(F)(F)F)c1cccc(S(=O)(=O)Nc2cc(C(F)(F)F)cc(C(F)(F)F)c2)c1. The van der Waals surface area contributed by atoms with Crippen LogP contribution in [-0.2, 0) is 22.4 Å². The molecule has 0 saturated heterocycles. The number of benzene rings is 2. The van der Waals surface area contributed by atoms with Crippen molar-refractivity contribution in [3.63, 3.8) is 0 Å². The number of anilines is 1. The molecule has 2 rings (SSSR count). The lowest BCUT2D eigenvalue weighted by molar-refractivity contribution is -0.143. The molecule has 0 radical (unpaired) electrons. The summed E-state index contributed by atoms with van der Waals surface area (Å²) >= 11 is 0. The molecule has 0 aliphatic carbocycles. The third-order valence-corrected chi connectivity index (χ3v) is 5.07. The molecule has 0 atom stereocenters. The Morgan fingerprint density at radius 3 is 1.81 bits per heavy atom. The molecule has 1 amide bonds. The average molecular weight is 494 g/mol. The fourth-order valence-electron chi connectivity index (χ4n) is 2.31.